The lowest BCUT2D eigenvalue weighted by Gasteiger charge is -2.15. The molecule has 208 valence electrons. The summed E-state index contributed by atoms with van der Waals surface area (Å²) in [7, 11) is 0. The van der Waals surface area contributed by atoms with Crippen LogP contribution in [0.4, 0.5) is 5.00 Å². The maximum Gasteiger partial charge on any atom is 0.267 e. The number of nitrogens with zero attached hydrogens (tertiary/aromatic N) is 3. The Balaban J connectivity index is 1.34. The van der Waals surface area contributed by atoms with Crippen molar-refractivity contribution in [3.63, 3.8) is 0 Å². The van der Waals surface area contributed by atoms with Crippen LogP contribution in [0, 0.1) is 18.3 Å². The number of nitriles is 1. The van der Waals surface area contributed by atoms with Gasteiger partial charge in [-0.05, 0) is 68.7 Å². The van der Waals surface area contributed by atoms with E-state index in [9.17, 15) is 14.9 Å². The number of thiophene rings is 1. The Morgan fingerprint density at radius 2 is 2.00 bits per heavy atom. The molecule has 2 amide bonds. The quantitative estimate of drug-likeness (QED) is 0.221. The van der Waals surface area contributed by atoms with Gasteiger partial charge in [-0.15, -0.1) is 11.3 Å². The normalized spacial score (nSPS) is 16.8. The first-order valence-electron chi connectivity index (χ1n) is 14.0. The Morgan fingerprint density at radius 3 is 2.78 bits per heavy atom. The number of hydrogen-bond acceptors (Lipinski definition) is 6. The molecule has 0 radical (unpaired) electrons. The van der Waals surface area contributed by atoms with E-state index in [0.29, 0.717) is 28.5 Å². The first-order valence-corrected chi connectivity index (χ1v) is 14.9. The third-order valence-corrected chi connectivity index (χ3v) is 8.92. The zero-order valence-corrected chi connectivity index (χ0v) is 23.7. The third-order valence-electron chi connectivity index (χ3n) is 7.72. The summed E-state index contributed by atoms with van der Waals surface area (Å²) in [6, 6.07) is 15.7. The number of anilines is 1. The van der Waals surface area contributed by atoms with Crippen molar-refractivity contribution in [2.45, 2.75) is 51.6 Å². The average Bonchev–Trinajstić information content (AvgIpc) is 3.73. The molecule has 4 aromatic rings. The highest BCUT2D eigenvalue weighted by Gasteiger charge is 2.28. The largest absolute Gasteiger partial charge is 0.376 e. The standard InChI is InChI=1S/C32H31N5O3S/c1-20-9-7-15-37-25(28(35-29(20)37)21-10-3-2-4-11-21)17-22(18-33)30(38)36-32-27(24-13-5-6-14-26(24)41-32)31(39)34-19-23-12-8-16-40-23/h2-4,7,9-11,15,17,23H,5-6,8,12-14,16,19H2,1H3,(H,34,39)(H,36,38). The lowest BCUT2D eigenvalue weighted by atomic mass is 9.95. The number of rotatable bonds is 7. The Kier molecular flexibility index (Phi) is 7.68. The number of fused-ring (bicyclic) bond motifs is 2. The fraction of sp³-hybridized carbons (Fsp3) is 0.312. The second-order valence-electron chi connectivity index (χ2n) is 10.5. The molecule has 4 heterocycles. The van der Waals surface area contributed by atoms with Gasteiger partial charge in [0.1, 0.15) is 22.3 Å². The highest BCUT2D eigenvalue weighted by molar-refractivity contribution is 7.17. The first-order chi connectivity index (χ1) is 20.0. The van der Waals surface area contributed by atoms with Crippen LogP contribution in [0.1, 0.15) is 57.7 Å². The Hall–Kier alpha value is -4.26. The number of aromatic nitrogens is 2. The number of nitrogens with one attached hydrogen (secondary N) is 2. The number of hydrogen-bond donors (Lipinski definition) is 2. The Morgan fingerprint density at radius 1 is 1.17 bits per heavy atom. The molecule has 6 rings (SSSR count). The van der Waals surface area contributed by atoms with Crippen LogP contribution in [-0.4, -0.2) is 40.5 Å². The van der Waals surface area contributed by atoms with Crippen molar-refractivity contribution >= 4 is 39.9 Å². The number of pyridine rings is 1. The molecule has 2 aliphatic rings. The summed E-state index contributed by atoms with van der Waals surface area (Å²) < 4.78 is 7.57. The summed E-state index contributed by atoms with van der Waals surface area (Å²) in [5, 5.41) is 16.5. The minimum Gasteiger partial charge on any atom is -0.376 e. The molecule has 0 saturated carbocycles. The molecule has 1 aliphatic heterocycles. The van der Waals surface area contributed by atoms with E-state index in [1.807, 2.05) is 60.0 Å². The van der Waals surface area contributed by atoms with Crippen molar-refractivity contribution in [2.75, 3.05) is 18.5 Å². The van der Waals surface area contributed by atoms with Gasteiger partial charge in [0.05, 0.1) is 23.1 Å². The maximum absolute atomic E-state index is 13.6. The summed E-state index contributed by atoms with van der Waals surface area (Å²) >= 11 is 1.44. The summed E-state index contributed by atoms with van der Waals surface area (Å²) in [6.45, 7) is 3.14. The summed E-state index contributed by atoms with van der Waals surface area (Å²) in [4.78, 5) is 33.0. The Labute approximate surface area is 242 Å². The molecule has 41 heavy (non-hydrogen) atoms. The second-order valence-corrected chi connectivity index (χ2v) is 11.6. The minimum absolute atomic E-state index is 0.0208. The van der Waals surface area contributed by atoms with Crippen LogP contribution < -0.4 is 10.6 Å². The zero-order chi connectivity index (χ0) is 28.3. The monoisotopic (exact) mass is 565 g/mol. The molecule has 1 saturated heterocycles. The van der Waals surface area contributed by atoms with Gasteiger partial charge >= 0.3 is 0 Å². The van der Waals surface area contributed by atoms with Crippen LogP contribution in [0.3, 0.4) is 0 Å². The van der Waals surface area contributed by atoms with Gasteiger partial charge in [0.15, 0.2) is 0 Å². The molecule has 2 N–H and O–H groups in total. The van der Waals surface area contributed by atoms with E-state index in [-0.39, 0.29) is 17.6 Å². The van der Waals surface area contributed by atoms with Crippen molar-refractivity contribution < 1.29 is 14.3 Å². The van der Waals surface area contributed by atoms with Gasteiger partial charge in [-0.3, -0.25) is 14.0 Å². The molecule has 3 aromatic heterocycles. The number of aryl methyl sites for hydroxylation is 2. The molecule has 0 spiro atoms. The van der Waals surface area contributed by atoms with E-state index in [0.717, 1.165) is 72.3 Å². The lowest BCUT2D eigenvalue weighted by Crippen LogP contribution is -2.32. The van der Waals surface area contributed by atoms with Gasteiger partial charge in [0, 0.05) is 29.8 Å². The third kappa shape index (κ3) is 5.41. The smallest absolute Gasteiger partial charge is 0.267 e. The summed E-state index contributed by atoms with van der Waals surface area (Å²) in [6.07, 6.45) is 9.14. The molecule has 1 aromatic carbocycles. The maximum atomic E-state index is 13.6. The minimum atomic E-state index is -0.555. The van der Waals surface area contributed by atoms with Gasteiger partial charge in [0.25, 0.3) is 11.8 Å². The molecule has 1 atom stereocenters. The first kappa shape index (κ1) is 26.9. The van der Waals surface area contributed by atoms with Crippen molar-refractivity contribution in [1.29, 1.82) is 5.26 Å². The lowest BCUT2D eigenvalue weighted by molar-refractivity contribution is -0.112. The predicted octanol–water partition coefficient (Wildman–Crippen LogP) is 5.70. The average molecular weight is 566 g/mol. The van der Waals surface area contributed by atoms with Crippen LogP contribution in [0.15, 0.2) is 54.2 Å². The predicted molar refractivity (Wildman–Crippen MR) is 160 cm³/mol. The van der Waals surface area contributed by atoms with E-state index in [4.69, 9.17) is 9.72 Å². The number of benzene rings is 1. The van der Waals surface area contributed by atoms with E-state index in [2.05, 4.69) is 16.7 Å². The van der Waals surface area contributed by atoms with E-state index in [1.54, 1.807) is 6.08 Å². The molecule has 1 aliphatic carbocycles. The van der Waals surface area contributed by atoms with E-state index >= 15 is 0 Å². The number of carbonyl (C=O) groups is 2. The van der Waals surface area contributed by atoms with Crippen LogP contribution in [0.2, 0.25) is 0 Å². The fourth-order valence-corrected chi connectivity index (χ4v) is 6.90. The van der Waals surface area contributed by atoms with Crippen LogP contribution >= 0.6 is 11.3 Å². The molecule has 0 bridgehead atoms. The summed E-state index contributed by atoms with van der Waals surface area (Å²) in [5.41, 5.74) is 5.40. The topological polar surface area (TPSA) is 109 Å². The molecular weight excluding hydrogens is 534 g/mol. The highest BCUT2D eigenvalue weighted by atomic mass is 32.1. The molecule has 8 nitrogen and oxygen atoms in total. The van der Waals surface area contributed by atoms with Gasteiger partial charge in [0.2, 0.25) is 0 Å². The summed E-state index contributed by atoms with van der Waals surface area (Å²) in [5.74, 6) is -0.762. The van der Waals surface area contributed by atoms with Gasteiger partial charge < -0.3 is 15.4 Å². The van der Waals surface area contributed by atoms with Gasteiger partial charge in [-0.2, -0.15) is 5.26 Å². The van der Waals surface area contributed by atoms with Crippen molar-refractivity contribution in [2.24, 2.45) is 0 Å². The van der Waals surface area contributed by atoms with Gasteiger partial charge in [-0.1, -0.05) is 36.4 Å². The van der Waals surface area contributed by atoms with Gasteiger partial charge in [-0.25, -0.2) is 4.98 Å². The van der Waals surface area contributed by atoms with E-state index in [1.165, 1.54) is 11.3 Å². The molecule has 9 heteroatoms. The Bertz CT molecular complexity index is 1690. The SMILES string of the molecule is Cc1cccn2c(C=C(C#N)C(=O)Nc3sc4c(c3C(=O)NCC3CCCO3)CCCC4)c(-c3ccccc3)nc12. The number of carbonyl (C=O) groups excluding carboxylic acids is 2. The van der Waals surface area contributed by atoms with Crippen LogP contribution in [0.5, 0.6) is 0 Å². The van der Waals surface area contributed by atoms with Crippen molar-refractivity contribution in [3.05, 3.63) is 81.5 Å². The number of ether oxygens (including phenoxy) is 1. The molecular formula is C32H31N5O3S. The zero-order valence-electron chi connectivity index (χ0n) is 22.9. The fourth-order valence-electron chi connectivity index (χ4n) is 5.62. The number of amides is 2. The second kappa shape index (κ2) is 11.7. The number of imidazole rings is 1. The molecule has 1 unspecified atom stereocenters. The van der Waals surface area contributed by atoms with Crippen LogP contribution in [0.25, 0.3) is 23.0 Å². The van der Waals surface area contributed by atoms with Crippen molar-refractivity contribution in [1.82, 2.24) is 14.7 Å². The highest BCUT2D eigenvalue weighted by Crippen LogP contribution is 2.38. The van der Waals surface area contributed by atoms with E-state index < -0.39 is 5.91 Å². The molecule has 1 fully saturated rings. The van der Waals surface area contributed by atoms with Crippen molar-refractivity contribution in [3.8, 4) is 17.3 Å². The van der Waals surface area contributed by atoms with Crippen LogP contribution in [-0.2, 0) is 22.4 Å².